The first-order valence-electron chi connectivity index (χ1n) is 11.1. The maximum Gasteiger partial charge on any atom is 0.273 e. The number of para-hydroxylation sites is 1. The van der Waals surface area contributed by atoms with Crippen molar-refractivity contribution in [3.05, 3.63) is 77.6 Å². The van der Waals surface area contributed by atoms with Crippen LogP contribution in [-0.2, 0) is 6.54 Å². The maximum atomic E-state index is 6.47. The average molecular weight is 409 g/mol. The van der Waals surface area contributed by atoms with Crippen LogP contribution in [0, 0.1) is 0 Å². The average Bonchev–Trinajstić information content (AvgIpc) is 3.43. The van der Waals surface area contributed by atoms with Crippen molar-refractivity contribution in [2.24, 2.45) is 0 Å². The Bertz CT molecular complexity index is 1470. The van der Waals surface area contributed by atoms with Crippen LogP contribution in [0.2, 0.25) is 0 Å². The minimum atomic E-state index is 0.302. The van der Waals surface area contributed by atoms with Gasteiger partial charge in [0.05, 0.1) is 5.56 Å². The third kappa shape index (κ3) is 2.54. The van der Waals surface area contributed by atoms with Gasteiger partial charge in [0.2, 0.25) is 0 Å². The fraction of sp³-hybridized carbons (Fsp3) is 0.259. The Labute approximate surface area is 181 Å². The quantitative estimate of drug-likeness (QED) is 0.321. The van der Waals surface area contributed by atoms with Crippen molar-refractivity contribution < 1.29 is 8.98 Å². The Morgan fingerprint density at radius 2 is 1.71 bits per heavy atom. The molecule has 6 rings (SSSR count). The fourth-order valence-electron chi connectivity index (χ4n) is 5.07. The number of furan rings is 1. The monoisotopic (exact) mass is 408 g/mol. The summed E-state index contributed by atoms with van der Waals surface area (Å²) in [7, 11) is 0. The van der Waals surface area contributed by atoms with E-state index in [0.29, 0.717) is 11.8 Å². The Morgan fingerprint density at radius 1 is 0.935 bits per heavy atom. The first-order valence-corrected chi connectivity index (χ1v) is 11.1. The molecule has 0 saturated carbocycles. The maximum absolute atomic E-state index is 6.47. The van der Waals surface area contributed by atoms with Crippen molar-refractivity contribution in [1.82, 2.24) is 9.78 Å². The van der Waals surface area contributed by atoms with Gasteiger partial charge in [-0.1, -0.05) is 64.1 Å². The van der Waals surface area contributed by atoms with Crippen LogP contribution in [0.15, 0.2) is 65.3 Å². The Balaban J connectivity index is 1.75. The summed E-state index contributed by atoms with van der Waals surface area (Å²) in [5, 5.41) is 7.15. The highest BCUT2D eigenvalue weighted by molar-refractivity contribution is 6.07. The number of rotatable bonds is 3. The second-order valence-corrected chi connectivity index (χ2v) is 9.15. The summed E-state index contributed by atoms with van der Waals surface area (Å²) in [6.07, 6.45) is 1.98. The predicted molar refractivity (Wildman–Crippen MR) is 124 cm³/mol. The highest BCUT2D eigenvalue weighted by atomic mass is 16.3. The van der Waals surface area contributed by atoms with Gasteiger partial charge in [-0.3, -0.25) is 0 Å². The molecular weight excluding hydrogens is 382 g/mol. The van der Waals surface area contributed by atoms with Crippen LogP contribution >= 0.6 is 0 Å². The summed E-state index contributed by atoms with van der Waals surface area (Å²) < 4.78 is 10.9. The Hall–Kier alpha value is -3.40. The number of hydrogen-bond donors (Lipinski definition) is 0. The third-order valence-electron chi connectivity index (χ3n) is 6.50. The Kier molecular flexibility index (Phi) is 3.88. The zero-order chi connectivity index (χ0) is 21.3. The van der Waals surface area contributed by atoms with Crippen LogP contribution in [0.25, 0.3) is 39.0 Å². The number of benzene rings is 3. The van der Waals surface area contributed by atoms with Crippen LogP contribution in [0.4, 0.5) is 0 Å². The molecule has 154 valence electrons. The molecule has 0 aliphatic carbocycles. The van der Waals surface area contributed by atoms with E-state index in [1.807, 2.05) is 12.4 Å². The molecule has 2 aromatic heterocycles. The molecule has 0 unspecified atom stereocenters. The molecule has 0 amide bonds. The predicted octanol–water partition coefficient (Wildman–Crippen LogP) is 6.33. The lowest BCUT2D eigenvalue weighted by molar-refractivity contribution is -0.585. The van der Waals surface area contributed by atoms with Crippen molar-refractivity contribution in [2.75, 3.05) is 0 Å². The molecule has 4 heteroatoms. The minimum Gasteiger partial charge on any atom is -0.456 e. The molecule has 0 radical (unpaired) electrons. The molecule has 4 nitrogen and oxygen atoms in total. The summed E-state index contributed by atoms with van der Waals surface area (Å²) >= 11 is 0. The zero-order valence-corrected chi connectivity index (χ0v) is 18.4. The largest absolute Gasteiger partial charge is 0.456 e. The molecule has 0 atom stereocenters. The van der Waals surface area contributed by atoms with Gasteiger partial charge >= 0.3 is 0 Å². The summed E-state index contributed by atoms with van der Waals surface area (Å²) in [6.45, 7) is 9.88. The van der Waals surface area contributed by atoms with Gasteiger partial charge in [-0.05, 0) is 35.6 Å². The molecule has 3 heterocycles. The number of nitrogens with zero attached hydrogens (tertiary/aromatic N) is 3. The molecule has 1 aliphatic rings. The van der Waals surface area contributed by atoms with Crippen molar-refractivity contribution in [2.45, 2.75) is 46.1 Å². The molecule has 0 fully saturated rings. The molecule has 1 aliphatic heterocycles. The molecular formula is C27H26N3O+. The van der Waals surface area contributed by atoms with Crippen LogP contribution in [0.5, 0.6) is 0 Å². The van der Waals surface area contributed by atoms with E-state index in [-0.39, 0.29) is 0 Å². The second-order valence-electron chi connectivity index (χ2n) is 9.15. The first-order chi connectivity index (χ1) is 15.0. The van der Waals surface area contributed by atoms with Crippen LogP contribution in [0.1, 0.15) is 56.2 Å². The van der Waals surface area contributed by atoms with Gasteiger partial charge in [-0.15, -0.1) is 4.68 Å². The van der Waals surface area contributed by atoms with E-state index >= 15 is 0 Å². The van der Waals surface area contributed by atoms with Gasteiger partial charge in [0.15, 0.2) is 0 Å². The Morgan fingerprint density at radius 3 is 2.52 bits per heavy atom. The summed E-state index contributed by atoms with van der Waals surface area (Å²) in [4.78, 5) is 0. The van der Waals surface area contributed by atoms with Crippen molar-refractivity contribution >= 4 is 21.9 Å². The highest BCUT2D eigenvalue weighted by Crippen LogP contribution is 2.41. The van der Waals surface area contributed by atoms with E-state index in [9.17, 15) is 0 Å². The molecule has 0 bridgehead atoms. The first kappa shape index (κ1) is 18.4. The van der Waals surface area contributed by atoms with Gasteiger partial charge in [0, 0.05) is 27.0 Å². The van der Waals surface area contributed by atoms with Crippen LogP contribution in [0.3, 0.4) is 0 Å². The van der Waals surface area contributed by atoms with Gasteiger partial charge in [-0.25, -0.2) is 0 Å². The lowest BCUT2D eigenvalue weighted by Crippen LogP contribution is -2.34. The standard InChI is InChI=1S/C27H26N3O/c1-16(2)21-13-22-20-11-7-8-12-23(20)31-26(22)24(17(3)4)25(21)29-15-28-30-14-18-9-5-6-10-19(18)27(29)30/h5-13,15-17H,14H2,1-4H3/q+1. The molecule has 0 saturated heterocycles. The number of fused-ring (bicyclic) bond motifs is 6. The SMILES string of the molecule is CC(C)c1cc2c(oc3ccccc32)c(C(C)C)c1-[n+]1cnn2c1-c1ccccc1C2. The lowest BCUT2D eigenvalue weighted by Gasteiger charge is -2.19. The van der Waals surface area contributed by atoms with Gasteiger partial charge in [-0.2, -0.15) is 4.57 Å². The van der Waals surface area contributed by atoms with Crippen molar-refractivity contribution in [3.63, 3.8) is 0 Å². The number of hydrogen-bond acceptors (Lipinski definition) is 2. The lowest BCUT2D eigenvalue weighted by atomic mass is 9.89. The molecule has 0 N–H and O–H groups in total. The third-order valence-corrected chi connectivity index (χ3v) is 6.50. The van der Waals surface area contributed by atoms with Gasteiger partial charge < -0.3 is 4.42 Å². The molecule has 0 spiro atoms. The molecule has 3 aromatic carbocycles. The van der Waals surface area contributed by atoms with E-state index in [1.165, 1.54) is 38.7 Å². The van der Waals surface area contributed by atoms with E-state index in [2.05, 4.69) is 85.5 Å². The molecule has 5 aromatic rings. The fourth-order valence-corrected chi connectivity index (χ4v) is 5.07. The minimum absolute atomic E-state index is 0.302. The normalized spacial score (nSPS) is 13.0. The van der Waals surface area contributed by atoms with E-state index in [0.717, 1.165) is 23.5 Å². The zero-order valence-electron chi connectivity index (χ0n) is 18.4. The van der Waals surface area contributed by atoms with E-state index in [1.54, 1.807) is 0 Å². The topological polar surface area (TPSA) is 34.8 Å². The highest BCUT2D eigenvalue weighted by Gasteiger charge is 2.34. The van der Waals surface area contributed by atoms with Crippen molar-refractivity contribution in [1.29, 1.82) is 0 Å². The van der Waals surface area contributed by atoms with E-state index < -0.39 is 0 Å². The molecule has 31 heavy (non-hydrogen) atoms. The van der Waals surface area contributed by atoms with E-state index in [4.69, 9.17) is 9.52 Å². The second kappa shape index (κ2) is 6.55. The van der Waals surface area contributed by atoms with Gasteiger partial charge in [0.25, 0.3) is 12.2 Å². The smallest absolute Gasteiger partial charge is 0.273 e. The van der Waals surface area contributed by atoms with Crippen LogP contribution in [-0.4, -0.2) is 9.78 Å². The van der Waals surface area contributed by atoms with Crippen molar-refractivity contribution in [3.8, 4) is 17.1 Å². The number of aromatic nitrogens is 3. The summed E-state index contributed by atoms with van der Waals surface area (Å²) in [6, 6.07) is 19.3. The summed E-state index contributed by atoms with van der Waals surface area (Å²) in [5.41, 5.74) is 8.32. The summed E-state index contributed by atoms with van der Waals surface area (Å²) in [5.74, 6) is 1.82. The van der Waals surface area contributed by atoms with Crippen LogP contribution < -0.4 is 4.57 Å². The van der Waals surface area contributed by atoms with Gasteiger partial charge in [0.1, 0.15) is 23.4 Å².